The molecule has 6 atom stereocenters. The molecule has 6 unspecified atom stereocenters. The lowest BCUT2D eigenvalue weighted by atomic mass is 9.79. The van der Waals surface area contributed by atoms with Crippen molar-refractivity contribution in [3.8, 4) is 0 Å². The van der Waals surface area contributed by atoms with E-state index < -0.39 is 0 Å². The van der Waals surface area contributed by atoms with E-state index in [2.05, 4.69) is 6.08 Å². The Hall–Kier alpha value is -0.580. The molecule has 82 valence electrons. The molecule has 4 nitrogen and oxygen atoms in total. The molecule has 0 spiro atoms. The SMILES string of the molecule is CN([O-])OC1CC2CC1C1C=C3OC3C21. The summed E-state index contributed by atoms with van der Waals surface area (Å²) >= 11 is 0. The average Bonchev–Trinajstić information content (AvgIpc) is 2.59. The van der Waals surface area contributed by atoms with E-state index in [0.29, 0.717) is 35.0 Å². The van der Waals surface area contributed by atoms with Gasteiger partial charge < -0.3 is 14.8 Å². The number of hydroxylamine groups is 2. The summed E-state index contributed by atoms with van der Waals surface area (Å²) in [4.78, 5) is 5.31. The van der Waals surface area contributed by atoms with Gasteiger partial charge in [0.2, 0.25) is 0 Å². The summed E-state index contributed by atoms with van der Waals surface area (Å²) in [5, 5.41) is 11.5. The number of epoxide rings is 1. The van der Waals surface area contributed by atoms with Crippen molar-refractivity contribution in [3.63, 3.8) is 0 Å². The number of allylic oxidation sites excluding steroid dienone is 1. The van der Waals surface area contributed by atoms with Gasteiger partial charge in [0.1, 0.15) is 5.76 Å². The molecule has 4 rings (SSSR count). The highest BCUT2D eigenvalue weighted by atomic mass is 16.9. The predicted molar refractivity (Wildman–Crippen MR) is 52.2 cm³/mol. The molecule has 3 aliphatic carbocycles. The van der Waals surface area contributed by atoms with Crippen LogP contribution in [0.25, 0.3) is 0 Å². The highest BCUT2D eigenvalue weighted by molar-refractivity contribution is 5.30. The Morgan fingerprint density at radius 2 is 2.40 bits per heavy atom. The van der Waals surface area contributed by atoms with Gasteiger partial charge in [0, 0.05) is 5.92 Å². The van der Waals surface area contributed by atoms with E-state index in [0.717, 1.165) is 6.42 Å². The van der Waals surface area contributed by atoms with Gasteiger partial charge >= 0.3 is 0 Å². The summed E-state index contributed by atoms with van der Waals surface area (Å²) in [5.74, 6) is 3.81. The molecular weight excluding hydrogens is 194 g/mol. The van der Waals surface area contributed by atoms with Crippen LogP contribution in [0.1, 0.15) is 12.8 Å². The molecule has 2 bridgehead atoms. The Morgan fingerprint density at radius 3 is 3.20 bits per heavy atom. The second kappa shape index (κ2) is 2.56. The Balaban J connectivity index is 1.57. The number of hydrogen-bond donors (Lipinski definition) is 0. The predicted octanol–water partition coefficient (Wildman–Crippen LogP) is 1.28. The second-order valence-electron chi connectivity index (χ2n) is 5.24. The first-order valence-corrected chi connectivity index (χ1v) is 5.70. The van der Waals surface area contributed by atoms with E-state index in [-0.39, 0.29) is 6.10 Å². The van der Waals surface area contributed by atoms with Crippen molar-refractivity contribution in [1.82, 2.24) is 5.23 Å². The molecule has 4 heteroatoms. The zero-order valence-electron chi connectivity index (χ0n) is 8.63. The van der Waals surface area contributed by atoms with Crippen molar-refractivity contribution in [2.24, 2.45) is 23.7 Å². The molecule has 1 aliphatic heterocycles. The maximum atomic E-state index is 10.9. The van der Waals surface area contributed by atoms with Gasteiger partial charge in [-0.1, -0.05) is 0 Å². The fourth-order valence-corrected chi connectivity index (χ4v) is 4.09. The number of rotatable bonds is 2. The zero-order chi connectivity index (χ0) is 10.2. The Kier molecular flexibility index (Phi) is 1.46. The molecule has 0 amide bonds. The third-order valence-electron chi connectivity index (χ3n) is 4.55. The molecule has 1 heterocycles. The highest BCUT2D eigenvalue weighted by Gasteiger charge is 2.63. The molecule has 1 saturated heterocycles. The molecule has 0 radical (unpaired) electrons. The minimum absolute atomic E-state index is 0.146. The highest BCUT2D eigenvalue weighted by Crippen LogP contribution is 2.63. The third kappa shape index (κ3) is 1.02. The summed E-state index contributed by atoms with van der Waals surface area (Å²) in [7, 11) is 1.43. The van der Waals surface area contributed by atoms with Crippen LogP contribution in [0.4, 0.5) is 0 Å². The smallest absolute Gasteiger partial charge is 0.158 e. The van der Waals surface area contributed by atoms with Crippen molar-refractivity contribution < 1.29 is 9.57 Å². The molecule has 3 fully saturated rings. The fraction of sp³-hybridized carbons (Fsp3) is 0.818. The summed E-state index contributed by atoms with van der Waals surface area (Å²) in [6, 6.07) is 0. The number of hydrogen-bond acceptors (Lipinski definition) is 4. The minimum Gasteiger partial charge on any atom is -0.762 e. The maximum absolute atomic E-state index is 10.9. The van der Waals surface area contributed by atoms with Gasteiger partial charge in [0.05, 0.1) is 6.10 Å². The van der Waals surface area contributed by atoms with Crippen LogP contribution in [0.5, 0.6) is 0 Å². The van der Waals surface area contributed by atoms with E-state index in [1.54, 1.807) is 0 Å². The van der Waals surface area contributed by atoms with E-state index >= 15 is 0 Å². The van der Waals surface area contributed by atoms with Crippen molar-refractivity contribution in [3.05, 3.63) is 17.0 Å². The molecule has 0 N–H and O–H groups in total. The van der Waals surface area contributed by atoms with Crippen LogP contribution >= 0.6 is 0 Å². The Bertz CT molecular complexity index is 341. The van der Waals surface area contributed by atoms with Gasteiger partial charge in [-0.05, 0) is 43.7 Å². The third-order valence-corrected chi connectivity index (χ3v) is 4.55. The topological polar surface area (TPSA) is 48.1 Å². The van der Waals surface area contributed by atoms with Crippen molar-refractivity contribution in [2.45, 2.75) is 25.0 Å². The fourth-order valence-electron chi connectivity index (χ4n) is 4.09. The van der Waals surface area contributed by atoms with E-state index in [9.17, 15) is 5.21 Å². The number of nitrogens with zero attached hydrogens (tertiary/aromatic N) is 1. The normalized spacial score (nSPS) is 53.9. The maximum Gasteiger partial charge on any atom is 0.158 e. The molecule has 0 aromatic rings. The van der Waals surface area contributed by atoms with E-state index in [1.165, 1.54) is 19.2 Å². The van der Waals surface area contributed by atoms with Crippen LogP contribution in [-0.2, 0) is 9.57 Å². The van der Waals surface area contributed by atoms with Crippen LogP contribution < -0.4 is 0 Å². The van der Waals surface area contributed by atoms with Gasteiger partial charge in [0.15, 0.2) is 6.10 Å². The quantitative estimate of drug-likeness (QED) is 0.506. The van der Waals surface area contributed by atoms with Crippen molar-refractivity contribution in [1.29, 1.82) is 0 Å². The molecule has 4 aliphatic rings. The molecule has 2 saturated carbocycles. The summed E-state index contributed by atoms with van der Waals surface area (Å²) < 4.78 is 5.48. The zero-order valence-corrected chi connectivity index (χ0v) is 8.63. The first kappa shape index (κ1) is 8.56. The van der Waals surface area contributed by atoms with Crippen LogP contribution in [-0.4, -0.2) is 24.5 Å². The number of fused-ring (bicyclic) bond motifs is 7. The largest absolute Gasteiger partial charge is 0.762 e. The van der Waals surface area contributed by atoms with Crippen LogP contribution in [0.2, 0.25) is 0 Å². The van der Waals surface area contributed by atoms with Crippen LogP contribution in [0.3, 0.4) is 0 Å². The minimum atomic E-state index is 0.146. The molecular formula is C11H14NO3-. The summed E-state index contributed by atoms with van der Waals surface area (Å²) in [6.07, 6.45) is 5.13. The van der Waals surface area contributed by atoms with Gasteiger partial charge in [-0.3, -0.25) is 5.23 Å². The van der Waals surface area contributed by atoms with Crippen molar-refractivity contribution in [2.75, 3.05) is 7.05 Å². The summed E-state index contributed by atoms with van der Waals surface area (Å²) in [5.41, 5.74) is 0. The summed E-state index contributed by atoms with van der Waals surface area (Å²) in [6.45, 7) is 0. The van der Waals surface area contributed by atoms with Crippen LogP contribution in [0, 0.1) is 28.9 Å². The number of ether oxygens (including phenoxy) is 1. The van der Waals surface area contributed by atoms with Gasteiger partial charge in [0.25, 0.3) is 0 Å². The second-order valence-corrected chi connectivity index (χ2v) is 5.24. The van der Waals surface area contributed by atoms with E-state index in [1.807, 2.05) is 0 Å². The monoisotopic (exact) mass is 208 g/mol. The lowest BCUT2D eigenvalue weighted by Crippen LogP contribution is -2.35. The van der Waals surface area contributed by atoms with Gasteiger partial charge in [-0.25, -0.2) is 0 Å². The molecule has 0 aromatic carbocycles. The van der Waals surface area contributed by atoms with Gasteiger partial charge in [-0.15, -0.1) is 0 Å². The average molecular weight is 208 g/mol. The lowest BCUT2D eigenvalue weighted by molar-refractivity contribution is -0.171. The van der Waals surface area contributed by atoms with Crippen LogP contribution in [0.15, 0.2) is 11.8 Å². The Morgan fingerprint density at radius 1 is 1.53 bits per heavy atom. The molecule has 15 heavy (non-hydrogen) atoms. The van der Waals surface area contributed by atoms with E-state index in [4.69, 9.17) is 9.57 Å². The lowest BCUT2D eigenvalue weighted by Gasteiger charge is -2.35. The first-order valence-electron chi connectivity index (χ1n) is 5.70. The standard InChI is InChI=1S/C11H14NO3/c1-12(13)15-8-3-5-2-6(8)7-4-9-11(14-9)10(5)7/h4-8,10-11H,2-3H2,1H3/q-1. The first-order chi connectivity index (χ1) is 7.24. The van der Waals surface area contributed by atoms with Gasteiger partial charge in [-0.2, -0.15) is 0 Å². The Labute approximate surface area is 88.4 Å². The molecule has 0 aromatic heterocycles. The van der Waals surface area contributed by atoms with Crippen molar-refractivity contribution >= 4 is 0 Å².